The van der Waals surface area contributed by atoms with Crippen LogP contribution in [0.25, 0.3) is 16.3 Å². The highest BCUT2D eigenvalue weighted by Crippen LogP contribution is 2.40. The van der Waals surface area contributed by atoms with Crippen LogP contribution in [0.4, 0.5) is 0 Å². The fourth-order valence-corrected chi connectivity index (χ4v) is 4.70. The van der Waals surface area contributed by atoms with Gasteiger partial charge in [-0.05, 0) is 63.9 Å². The molecule has 2 aliphatic rings. The van der Waals surface area contributed by atoms with Gasteiger partial charge in [-0.25, -0.2) is 0 Å². The van der Waals surface area contributed by atoms with Gasteiger partial charge in [-0.2, -0.15) is 5.26 Å². The van der Waals surface area contributed by atoms with E-state index in [4.69, 9.17) is 0 Å². The third kappa shape index (κ3) is 3.28. The van der Waals surface area contributed by atoms with Crippen LogP contribution < -0.4 is 0 Å². The molecule has 0 aromatic heterocycles. The number of nitriles is 1. The van der Waals surface area contributed by atoms with Gasteiger partial charge in [0, 0.05) is 13.1 Å². The van der Waals surface area contributed by atoms with Crippen molar-refractivity contribution in [3.8, 4) is 6.07 Å². The van der Waals surface area contributed by atoms with Crippen molar-refractivity contribution < 1.29 is 0 Å². The summed E-state index contributed by atoms with van der Waals surface area (Å²) in [5, 5.41) is 12.1. The molecule has 2 heteroatoms. The van der Waals surface area contributed by atoms with Gasteiger partial charge in [0.2, 0.25) is 0 Å². The van der Waals surface area contributed by atoms with Gasteiger partial charge in [0.05, 0.1) is 12.6 Å². The predicted molar refractivity (Wildman–Crippen MR) is 119 cm³/mol. The molecule has 5 rings (SSSR count). The van der Waals surface area contributed by atoms with E-state index in [1.807, 2.05) is 0 Å². The predicted octanol–water partition coefficient (Wildman–Crippen LogP) is 5.73. The number of allylic oxidation sites excluding steroid dienone is 4. The first-order valence-electron chi connectivity index (χ1n) is 10.3. The number of rotatable bonds is 5. The summed E-state index contributed by atoms with van der Waals surface area (Å²) in [7, 11) is 0. The molecule has 0 saturated heterocycles. The topological polar surface area (TPSA) is 27.0 Å². The molecule has 3 aromatic carbocycles. The number of hydrogen-bond acceptors (Lipinski definition) is 2. The molecule has 2 nitrogen and oxygen atoms in total. The molecule has 0 radical (unpaired) electrons. The second kappa shape index (κ2) is 7.35. The van der Waals surface area contributed by atoms with Crippen molar-refractivity contribution in [1.29, 1.82) is 5.26 Å². The lowest BCUT2D eigenvalue weighted by atomic mass is 9.80. The van der Waals surface area contributed by atoms with Crippen LogP contribution in [0.15, 0.2) is 66.8 Å². The van der Waals surface area contributed by atoms with E-state index in [0.29, 0.717) is 6.54 Å². The molecule has 142 valence electrons. The Balaban J connectivity index is 1.52. The number of benzene rings is 3. The fraction of sp³-hybridized carbons (Fsp3) is 0.222. The fourth-order valence-electron chi connectivity index (χ4n) is 4.70. The van der Waals surface area contributed by atoms with E-state index in [0.717, 1.165) is 25.9 Å². The maximum Gasteiger partial charge on any atom is 0.0871 e. The summed E-state index contributed by atoms with van der Waals surface area (Å²) < 4.78 is 0. The van der Waals surface area contributed by atoms with E-state index in [9.17, 15) is 5.26 Å². The molecule has 0 bridgehead atoms. The molecule has 0 aliphatic heterocycles. The van der Waals surface area contributed by atoms with E-state index >= 15 is 0 Å². The summed E-state index contributed by atoms with van der Waals surface area (Å²) in [5.41, 5.74) is 9.53. The lowest BCUT2D eigenvalue weighted by molar-refractivity contribution is 0.289. The SMILES string of the molecule is Cc1ccc(CN(CC#N)Cc2ccc3ccc4c5c3c2CC=C5C=CC4)cc1. The number of hydrogen-bond donors (Lipinski definition) is 0. The minimum Gasteiger partial charge on any atom is -0.282 e. The molecule has 0 unspecified atom stereocenters. The zero-order valence-corrected chi connectivity index (χ0v) is 16.8. The Morgan fingerprint density at radius 3 is 2.62 bits per heavy atom. The minimum atomic E-state index is 0.433. The van der Waals surface area contributed by atoms with Crippen LogP contribution in [-0.4, -0.2) is 11.4 Å². The first-order chi connectivity index (χ1) is 14.2. The van der Waals surface area contributed by atoms with Crippen molar-refractivity contribution in [1.82, 2.24) is 4.90 Å². The smallest absolute Gasteiger partial charge is 0.0871 e. The highest BCUT2D eigenvalue weighted by atomic mass is 15.1. The highest BCUT2D eigenvalue weighted by Gasteiger charge is 2.21. The van der Waals surface area contributed by atoms with E-state index in [-0.39, 0.29) is 0 Å². The quantitative estimate of drug-likeness (QED) is 0.532. The summed E-state index contributed by atoms with van der Waals surface area (Å²) in [6.07, 6.45) is 8.89. The van der Waals surface area contributed by atoms with Gasteiger partial charge in [0.25, 0.3) is 0 Å². The summed E-state index contributed by atoms with van der Waals surface area (Å²) >= 11 is 0. The molecule has 0 spiro atoms. The molecule has 29 heavy (non-hydrogen) atoms. The molecule has 2 aliphatic carbocycles. The summed E-state index contributed by atoms with van der Waals surface area (Å²) in [4.78, 5) is 2.25. The first-order valence-corrected chi connectivity index (χ1v) is 10.3. The highest BCUT2D eigenvalue weighted by molar-refractivity contribution is 6.02. The Kier molecular flexibility index (Phi) is 4.54. The molecule has 0 amide bonds. The lowest BCUT2D eigenvalue weighted by Crippen LogP contribution is -2.24. The lowest BCUT2D eigenvalue weighted by Gasteiger charge is -2.27. The summed E-state index contributed by atoms with van der Waals surface area (Å²) in [6.45, 7) is 4.13. The van der Waals surface area contributed by atoms with Gasteiger partial charge < -0.3 is 0 Å². The Morgan fingerprint density at radius 2 is 1.79 bits per heavy atom. The minimum absolute atomic E-state index is 0.433. The molecule has 0 fully saturated rings. The van der Waals surface area contributed by atoms with Crippen molar-refractivity contribution in [3.63, 3.8) is 0 Å². The third-order valence-corrected chi connectivity index (χ3v) is 6.14. The third-order valence-electron chi connectivity index (χ3n) is 6.14. The van der Waals surface area contributed by atoms with Crippen LogP contribution in [0.5, 0.6) is 0 Å². The summed E-state index contributed by atoms with van der Waals surface area (Å²) in [5.74, 6) is 0. The normalized spacial score (nSPS) is 14.2. The first kappa shape index (κ1) is 17.9. The van der Waals surface area contributed by atoms with Crippen LogP contribution in [0.1, 0.15) is 33.4 Å². The largest absolute Gasteiger partial charge is 0.282 e. The van der Waals surface area contributed by atoms with Crippen LogP contribution in [-0.2, 0) is 25.9 Å². The van der Waals surface area contributed by atoms with E-state index in [2.05, 4.69) is 84.7 Å². The van der Waals surface area contributed by atoms with Gasteiger partial charge in [-0.15, -0.1) is 0 Å². The zero-order valence-electron chi connectivity index (χ0n) is 16.8. The van der Waals surface area contributed by atoms with Crippen molar-refractivity contribution in [3.05, 3.63) is 100 Å². The van der Waals surface area contributed by atoms with Crippen LogP contribution in [0.3, 0.4) is 0 Å². The van der Waals surface area contributed by atoms with Gasteiger partial charge in [0.15, 0.2) is 0 Å². The standard InChI is InChI=1S/C27H24N2/c1-19-5-7-20(8-6-19)17-29(16-15-28)18-24-12-11-23-10-9-21-3-2-4-22-13-14-25(24)27(23)26(21)22/h2,4-13H,3,14,16-18H2,1H3. The van der Waals surface area contributed by atoms with Gasteiger partial charge >= 0.3 is 0 Å². The molecular weight excluding hydrogens is 352 g/mol. The van der Waals surface area contributed by atoms with E-state index in [1.54, 1.807) is 0 Å². The maximum atomic E-state index is 9.39. The molecule has 0 atom stereocenters. The average molecular weight is 377 g/mol. The second-order valence-corrected chi connectivity index (χ2v) is 8.16. The Bertz CT molecular complexity index is 1190. The van der Waals surface area contributed by atoms with Crippen molar-refractivity contribution in [2.75, 3.05) is 6.54 Å². The Hall–Kier alpha value is -3.15. The van der Waals surface area contributed by atoms with Crippen molar-refractivity contribution >= 4 is 16.3 Å². The second-order valence-electron chi connectivity index (χ2n) is 8.16. The Morgan fingerprint density at radius 1 is 0.966 bits per heavy atom. The van der Waals surface area contributed by atoms with Crippen LogP contribution in [0, 0.1) is 18.3 Å². The molecule has 0 saturated carbocycles. The van der Waals surface area contributed by atoms with Crippen LogP contribution >= 0.6 is 0 Å². The van der Waals surface area contributed by atoms with Gasteiger partial charge in [0.1, 0.15) is 0 Å². The van der Waals surface area contributed by atoms with Crippen molar-refractivity contribution in [2.24, 2.45) is 0 Å². The monoisotopic (exact) mass is 376 g/mol. The van der Waals surface area contributed by atoms with E-state index in [1.165, 1.54) is 49.7 Å². The Labute approximate surface area is 172 Å². The average Bonchev–Trinajstić information content (AvgIpc) is 2.75. The number of nitrogens with zero attached hydrogens (tertiary/aromatic N) is 2. The van der Waals surface area contributed by atoms with Gasteiger partial charge in [-0.3, -0.25) is 4.90 Å². The maximum absolute atomic E-state index is 9.39. The number of aryl methyl sites for hydroxylation is 1. The van der Waals surface area contributed by atoms with Crippen LogP contribution in [0.2, 0.25) is 0 Å². The molecule has 0 N–H and O–H groups in total. The zero-order chi connectivity index (χ0) is 19.8. The van der Waals surface area contributed by atoms with Gasteiger partial charge in [-0.1, -0.05) is 72.3 Å². The van der Waals surface area contributed by atoms with Crippen molar-refractivity contribution in [2.45, 2.75) is 32.9 Å². The molecular formula is C27H24N2. The summed E-state index contributed by atoms with van der Waals surface area (Å²) in [6, 6.07) is 20.1. The molecule has 0 heterocycles. The van der Waals surface area contributed by atoms with E-state index < -0.39 is 0 Å². The molecule has 3 aromatic rings.